The Labute approximate surface area is 224 Å². The zero-order chi connectivity index (χ0) is 28.0. The number of carbonyl (C=O) groups is 1. The van der Waals surface area contributed by atoms with Crippen molar-refractivity contribution in [1.29, 1.82) is 0 Å². The Bertz CT molecular complexity index is 1560. The summed E-state index contributed by atoms with van der Waals surface area (Å²) in [6, 6.07) is 5.60. The molecule has 1 aliphatic heterocycles. The predicted molar refractivity (Wildman–Crippen MR) is 139 cm³/mol. The Balaban J connectivity index is 1.57. The lowest BCUT2D eigenvalue weighted by atomic mass is 9.83. The van der Waals surface area contributed by atoms with Crippen molar-refractivity contribution in [2.75, 3.05) is 6.54 Å². The Hall–Kier alpha value is -3.28. The smallest absolute Gasteiger partial charge is 0.260 e. The fourth-order valence-corrected chi connectivity index (χ4v) is 5.02. The van der Waals surface area contributed by atoms with Gasteiger partial charge in [0.15, 0.2) is 11.6 Å². The van der Waals surface area contributed by atoms with E-state index >= 15 is 0 Å². The van der Waals surface area contributed by atoms with Crippen LogP contribution in [0.15, 0.2) is 35.4 Å². The second-order valence-corrected chi connectivity index (χ2v) is 12.0. The summed E-state index contributed by atoms with van der Waals surface area (Å²) in [5, 5.41) is 12.8. The van der Waals surface area contributed by atoms with Gasteiger partial charge in [-0.25, -0.2) is 22.3 Å². The zero-order valence-electron chi connectivity index (χ0n) is 21.2. The van der Waals surface area contributed by atoms with Gasteiger partial charge in [0, 0.05) is 29.9 Å². The normalized spacial score (nSPS) is 13.8. The maximum absolute atomic E-state index is 14.6. The van der Waals surface area contributed by atoms with E-state index in [0.717, 1.165) is 28.8 Å². The van der Waals surface area contributed by atoms with E-state index in [0.29, 0.717) is 28.6 Å². The second kappa shape index (κ2) is 10.1. The number of aromatic nitrogens is 2. The molecule has 1 aliphatic rings. The number of sulfonamides is 1. The van der Waals surface area contributed by atoms with Gasteiger partial charge in [0.1, 0.15) is 11.5 Å². The topological polar surface area (TPSA) is 118 Å². The van der Waals surface area contributed by atoms with Gasteiger partial charge in [-0.2, -0.15) is 0 Å². The Morgan fingerprint density at radius 2 is 1.95 bits per heavy atom. The standard InChI is InChI=1S/C26H27ClF2N4O4S/c1-14-11-15(18(12-19(14)27)26(2,3)4)13-37-24-16-7-9-33(10-8-20(16)31-32-24)25(34)17-5-6-21(38(30,35)36)23(29)22(17)28/h5-7,9,11-12H,8,10,13H2,1-4H3,(H,31,32)(H2,30,35,36). The molecule has 0 saturated carbocycles. The van der Waals surface area contributed by atoms with E-state index in [1.807, 2.05) is 19.1 Å². The Morgan fingerprint density at radius 3 is 2.61 bits per heavy atom. The molecule has 4 rings (SSSR count). The first-order valence-corrected chi connectivity index (χ1v) is 13.6. The Morgan fingerprint density at radius 1 is 1.24 bits per heavy atom. The summed E-state index contributed by atoms with van der Waals surface area (Å²) in [5.41, 5.74) is 3.48. The predicted octanol–water partition coefficient (Wildman–Crippen LogP) is 4.84. The fourth-order valence-electron chi connectivity index (χ4n) is 4.26. The van der Waals surface area contributed by atoms with Crippen LogP contribution in [0.1, 0.15) is 59.1 Å². The van der Waals surface area contributed by atoms with Gasteiger partial charge in [0.2, 0.25) is 15.9 Å². The van der Waals surface area contributed by atoms with Crippen LogP contribution in [-0.4, -0.2) is 36.0 Å². The first-order chi connectivity index (χ1) is 17.7. The number of ether oxygens (including phenoxy) is 1. The van der Waals surface area contributed by atoms with Crippen LogP contribution in [0.5, 0.6) is 5.88 Å². The molecular formula is C26H27ClF2N4O4S. The van der Waals surface area contributed by atoms with Crippen LogP contribution in [0.25, 0.3) is 6.08 Å². The molecule has 2 heterocycles. The minimum absolute atomic E-state index is 0.131. The molecule has 1 amide bonds. The highest BCUT2D eigenvalue weighted by Gasteiger charge is 2.27. The third-order valence-electron chi connectivity index (χ3n) is 6.27. The Kier molecular flexibility index (Phi) is 7.39. The lowest BCUT2D eigenvalue weighted by Crippen LogP contribution is -2.28. The highest BCUT2D eigenvalue weighted by atomic mass is 35.5. The third-order valence-corrected chi connectivity index (χ3v) is 7.61. The molecule has 0 atom stereocenters. The van der Waals surface area contributed by atoms with Crippen molar-refractivity contribution in [3.05, 3.63) is 80.6 Å². The molecule has 0 spiro atoms. The van der Waals surface area contributed by atoms with Gasteiger partial charge < -0.3 is 9.64 Å². The minimum atomic E-state index is -4.49. The number of benzene rings is 2. The molecule has 0 aliphatic carbocycles. The van der Waals surface area contributed by atoms with Crippen molar-refractivity contribution in [3.8, 4) is 5.88 Å². The van der Waals surface area contributed by atoms with Gasteiger partial charge in [0.25, 0.3) is 5.91 Å². The molecule has 2 aromatic carbocycles. The number of aromatic amines is 1. The third kappa shape index (κ3) is 5.45. The fraction of sp³-hybridized carbons (Fsp3) is 0.308. The molecule has 38 heavy (non-hydrogen) atoms. The number of rotatable bonds is 5. The average Bonchev–Trinajstić information content (AvgIpc) is 3.08. The molecule has 0 bridgehead atoms. The molecule has 3 aromatic rings. The zero-order valence-corrected chi connectivity index (χ0v) is 22.8. The van der Waals surface area contributed by atoms with Gasteiger partial charge in [-0.15, -0.1) is 5.10 Å². The average molecular weight is 565 g/mol. The number of halogens is 3. The molecule has 12 heteroatoms. The largest absolute Gasteiger partial charge is 0.471 e. The van der Waals surface area contributed by atoms with Gasteiger partial charge >= 0.3 is 0 Å². The molecule has 1 aromatic heterocycles. The van der Waals surface area contributed by atoms with Crippen LogP contribution >= 0.6 is 11.6 Å². The molecular weight excluding hydrogens is 538 g/mol. The molecule has 3 N–H and O–H groups in total. The minimum Gasteiger partial charge on any atom is -0.471 e. The summed E-state index contributed by atoms with van der Waals surface area (Å²) in [4.78, 5) is 13.1. The number of nitrogens with zero attached hydrogens (tertiary/aromatic N) is 2. The van der Waals surface area contributed by atoms with E-state index in [1.54, 1.807) is 6.08 Å². The van der Waals surface area contributed by atoms with Crippen LogP contribution in [0, 0.1) is 18.6 Å². The van der Waals surface area contributed by atoms with E-state index in [-0.39, 0.29) is 18.6 Å². The lowest BCUT2D eigenvalue weighted by Gasteiger charge is -2.24. The number of nitrogens with two attached hydrogens (primary N) is 1. The SMILES string of the molecule is Cc1cc(COc2n[nH]c3c2C=CN(C(=O)c2ccc(S(N)(=O)=O)c(F)c2F)CC3)c(C(C)(C)C)cc1Cl. The van der Waals surface area contributed by atoms with E-state index < -0.39 is 38.0 Å². The molecule has 0 radical (unpaired) electrons. The first kappa shape index (κ1) is 27.7. The number of hydrogen-bond acceptors (Lipinski definition) is 5. The van der Waals surface area contributed by atoms with Crippen LogP contribution in [0.4, 0.5) is 8.78 Å². The highest BCUT2D eigenvalue weighted by Crippen LogP contribution is 2.32. The van der Waals surface area contributed by atoms with Crippen molar-refractivity contribution in [3.63, 3.8) is 0 Å². The number of amides is 1. The molecule has 8 nitrogen and oxygen atoms in total. The van der Waals surface area contributed by atoms with Crippen molar-refractivity contribution in [2.24, 2.45) is 5.14 Å². The summed E-state index contributed by atoms with van der Waals surface area (Å²) in [6.07, 6.45) is 3.36. The van der Waals surface area contributed by atoms with Crippen LogP contribution < -0.4 is 9.88 Å². The first-order valence-electron chi connectivity index (χ1n) is 11.7. The monoisotopic (exact) mass is 564 g/mol. The maximum atomic E-state index is 14.6. The quantitative estimate of drug-likeness (QED) is 0.459. The van der Waals surface area contributed by atoms with Crippen molar-refractivity contribution < 1.29 is 26.7 Å². The molecule has 0 saturated heterocycles. The number of nitrogens with one attached hydrogen (secondary N) is 1. The lowest BCUT2D eigenvalue weighted by molar-refractivity contribution is 0.0819. The second-order valence-electron chi connectivity index (χ2n) is 10.1. The van der Waals surface area contributed by atoms with Crippen LogP contribution in [0.3, 0.4) is 0 Å². The van der Waals surface area contributed by atoms with Gasteiger partial charge in [0.05, 0.1) is 11.1 Å². The summed E-state index contributed by atoms with van der Waals surface area (Å²) in [5.74, 6) is -3.80. The van der Waals surface area contributed by atoms with Crippen LogP contribution in [0.2, 0.25) is 5.02 Å². The number of primary sulfonamides is 1. The number of fused-ring (bicyclic) bond motifs is 1. The molecule has 0 unspecified atom stereocenters. The van der Waals surface area contributed by atoms with E-state index in [2.05, 4.69) is 31.0 Å². The summed E-state index contributed by atoms with van der Waals surface area (Å²) in [7, 11) is -4.49. The van der Waals surface area contributed by atoms with Crippen molar-refractivity contribution in [2.45, 2.75) is 51.0 Å². The number of H-pyrrole nitrogens is 1. The van der Waals surface area contributed by atoms with Crippen molar-refractivity contribution in [1.82, 2.24) is 15.1 Å². The summed E-state index contributed by atoms with van der Waals surface area (Å²) < 4.78 is 57.8. The van der Waals surface area contributed by atoms with E-state index in [4.69, 9.17) is 21.5 Å². The number of carbonyl (C=O) groups excluding carboxylic acids is 1. The summed E-state index contributed by atoms with van der Waals surface area (Å²) >= 11 is 6.36. The van der Waals surface area contributed by atoms with Gasteiger partial charge in [-0.3, -0.25) is 9.89 Å². The van der Waals surface area contributed by atoms with E-state index in [1.165, 1.54) is 11.1 Å². The summed E-state index contributed by atoms with van der Waals surface area (Å²) in [6.45, 7) is 8.55. The van der Waals surface area contributed by atoms with Gasteiger partial charge in [-0.05, 0) is 53.3 Å². The number of hydrogen-bond donors (Lipinski definition) is 2. The van der Waals surface area contributed by atoms with E-state index in [9.17, 15) is 22.0 Å². The highest BCUT2D eigenvalue weighted by molar-refractivity contribution is 7.89. The van der Waals surface area contributed by atoms with Crippen molar-refractivity contribution >= 4 is 33.6 Å². The number of aryl methyl sites for hydroxylation is 1. The molecule has 202 valence electrons. The maximum Gasteiger partial charge on any atom is 0.260 e. The molecule has 0 fully saturated rings. The van der Waals surface area contributed by atoms with Crippen LogP contribution in [-0.2, 0) is 28.5 Å². The van der Waals surface area contributed by atoms with Gasteiger partial charge in [-0.1, -0.05) is 38.4 Å².